The van der Waals surface area contributed by atoms with Crippen molar-refractivity contribution in [1.82, 2.24) is 4.90 Å². The number of amides is 1. The van der Waals surface area contributed by atoms with E-state index in [1.807, 2.05) is 24.0 Å². The van der Waals surface area contributed by atoms with E-state index in [1.165, 1.54) is 0 Å². The maximum absolute atomic E-state index is 12.4. The molecule has 5 heteroatoms. The lowest BCUT2D eigenvalue weighted by Gasteiger charge is -2.32. The Morgan fingerprint density at radius 1 is 1.36 bits per heavy atom. The fourth-order valence-corrected chi connectivity index (χ4v) is 3.14. The van der Waals surface area contributed by atoms with E-state index < -0.39 is 0 Å². The summed E-state index contributed by atoms with van der Waals surface area (Å²) in [4.78, 5) is 14.3. The molecule has 0 radical (unpaired) electrons. The largest absolute Gasteiger partial charge is 0.381 e. The molecule has 1 unspecified atom stereocenters. The number of carbonyl (C=O) groups excluding carboxylic acids is 1. The Bertz CT molecular complexity index is 507. The lowest BCUT2D eigenvalue weighted by molar-refractivity contribution is -0.133. The molecule has 1 aliphatic heterocycles. The lowest BCUT2D eigenvalue weighted by atomic mass is 9.98. The van der Waals surface area contributed by atoms with Crippen molar-refractivity contribution in [2.45, 2.75) is 32.6 Å². The van der Waals surface area contributed by atoms with E-state index in [0.29, 0.717) is 28.8 Å². The van der Waals surface area contributed by atoms with Crippen LogP contribution in [0.4, 0.5) is 0 Å². The number of hydrogen-bond donors (Lipinski definition) is 0. The number of halogens is 2. The third-order valence-corrected chi connectivity index (χ3v) is 4.78. The summed E-state index contributed by atoms with van der Waals surface area (Å²) in [5.74, 6) is 0.690. The van der Waals surface area contributed by atoms with Crippen LogP contribution in [0.25, 0.3) is 0 Å². The molecule has 0 aliphatic carbocycles. The molecule has 22 heavy (non-hydrogen) atoms. The summed E-state index contributed by atoms with van der Waals surface area (Å²) < 4.78 is 5.49. The van der Waals surface area contributed by atoms with E-state index in [1.54, 1.807) is 6.07 Å². The minimum atomic E-state index is 0.215. The van der Waals surface area contributed by atoms with Crippen LogP contribution in [-0.2, 0) is 16.0 Å². The van der Waals surface area contributed by atoms with Crippen LogP contribution in [0.1, 0.15) is 31.7 Å². The average molecular weight is 344 g/mol. The average Bonchev–Trinajstić information content (AvgIpc) is 2.54. The van der Waals surface area contributed by atoms with E-state index in [2.05, 4.69) is 0 Å². The molecule has 0 N–H and O–H groups in total. The summed E-state index contributed by atoms with van der Waals surface area (Å²) in [6, 6.07) is 5.55. The second-order valence-corrected chi connectivity index (χ2v) is 6.57. The van der Waals surface area contributed by atoms with Gasteiger partial charge in [0.05, 0.1) is 16.7 Å². The van der Waals surface area contributed by atoms with Crippen molar-refractivity contribution in [1.29, 1.82) is 0 Å². The molecule has 2 rings (SSSR count). The van der Waals surface area contributed by atoms with Crippen LogP contribution in [0.15, 0.2) is 18.2 Å². The summed E-state index contributed by atoms with van der Waals surface area (Å²) in [6.45, 7) is 5.18. The first kappa shape index (κ1) is 17.6. The molecule has 1 aromatic rings. The Labute approximate surface area is 142 Å². The number of aryl methyl sites for hydroxylation is 1. The van der Waals surface area contributed by atoms with E-state index in [4.69, 9.17) is 27.9 Å². The lowest BCUT2D eigenvalue weighted by Crippen LogP contribution is -2.41. The third-order valence-electron chi connectivity index (χ3n) is 4.04. The second kappa shape index (κ2) is 8.76. The molecule has 0 spiro atoms. The van der Waals surface area contributed by atoms with Crippen molar-refractivity contribution in [2.75, 3.05) is 26.3 Å². The number of piperidine rings is 1. The molecule has 0 aromatic heterocycles. The molecule has 0 bridgehead atoms. The molecule has 0 saturated carbocycles. The molecule has 1 amide bonds. The molecule has 1 fully saturated rings. The molecule has 1 atom stereocenters. The first-order chi connectivity index (χ1) is 10.6. The molecule has 1 aliphatic rings. The van der Waals surface area contributed by atoms with Gasteiger partial charge in [-0.1, -0.05) is 29.3 Å². The SMILES string of the molecule is CCOCC1CCCN(C(=O)CCc2ccc(Cl)c(Cl)c2)C1. The molecule has 1 saturated heterocycles. The van der Waals surface area contributed by atoms with Gasteiger partial charge >= 0.3 is 0 Å². The first-order valence-electron chi connectivity index (χ1n) is 7.89. The number of rotatable bonds is 6. The fourth-order valence-electron chi connectivity index (χ4n) is 2.82. The highest BCUT2D eigenvalue weighted by atomic mass is 35.5. The van der Waals surface area contributed by atoms with Crippen LogP contribution in [0.5, 0.6) is 0 Å². The van der Waals surface area contributed by atoms with Crippen molar-refractivity contribution < 1.29 is 9.53 Å². The standard InChI is InChI=1S/C17H23Cl2NO2/c1-2-22-12-14-4-3-9-20(11-14)17(21)8-6-13-5-7-15(18)16(19)10-13/h5,7,10,14H,2-4,6,8-9,11-12H2,1H3. The van der Waals surface area contributed by atoms with Gasteiger partial charge in [0.1, 0.15) is 0 Å². The van der Waals surface area contributed by atoms with Gasteiger partial charge in [-0.15, -0.1) is 0 Å². The number of likely N-dealkylation sites (tertiary alicyclic amines) is 1. The van der Waals surface area contributed by atoms with E-state index >= 15 is 0 Å². The number of hydrogen-bond acceptors (Lipinski definition) is 2. The number of nitrogens with zero attached hydrogens (tertiary/aromatic N) is 1. The highest BCUT2D eigenvalue weighted by molar-refractivity contribution is 6.42. The smallest absolute Gasteiger partial charge is 0.222 e. The van der Waals surface area contributed by atoms with Crippen LogP contribution in [-0.4, -0.2) is 37.1 Å². The quantitative estimate of drug-likeness (QED) is 0.774. The number of ether oxygens (including phenoxy) is 1. The van der Waals surface area contributed by atoms with Crippen LogP contribution in [0.3, 0.4) is 0 Å². The summed E-state index contributed by atoms with van der Waals surface area (Å²) in [7, 11) is 0. The zero-order valence-corrected chi connectivity index (χ0v) is 14.5. The monoisotopic (exact) mass is 343 g/mol. The number of carbonyl (C=O) groups is 1. The Morgan fingerprint density at radius 2 is 2.18 bits per heavy atom. The van der Waals surface area contributed by atoms with Gasteiger partial charge in [-0.05, 0) is 49.8 Å². The van der Waals surface area contributed by atoms with Gasteiger partial charge in [-0.2, -0.15) is 0 Å². The molecular formula is C17H23Cl2NO2. The maximum atomic E-state index is 12.4. The molecule has 122 valence electrons. The van der Waals surface area contributed by atoms with Crippen LogP contribution in [0, 0.1) is 5.92 Å². The van der Waals surface area contributed by atoms with Gasteiger partial charge < -0.3 is 9.64 Å². The number of benzene rings is 1. The molecular weight excluding hydrogens is 321 g/mol. The second-order valence-electron chi connectivity index (χ2n) is 5.76. The van der Waals surface area contributed by atoms with Crippen molar-refractivity contribution in [3.8, 4) is 0 Å². The maximum Gasteiger partial charge on any atom is 0.222 e. The highest BCUT2D eigenvalue weighted by Crippen LogP contribution is 2.23. The van der Waals surface area contributed by atoms with E-state index in [0.717, 1.165) is 44.7 Å². The molecule has 3 nitrogen and oxygen atoms in total. The van der Waals surface area contributed by atoms with Crippen molar-refractivity contribution in [3.63, 3.8) is 0 Å². The van der Waals surface area contributed by atoms with Gasteiger partial charge in [0, 0.05) is 26.1 Å². The van der Waals surface area contributed by atoms with Crippen molar-refractivity contribution >= 4 is 29.1 Å². The van der Waals surface area contributed by atoms with Gasteiger partial charge in [-0.3, -0.25) is 4.79 Å². The van der Waals surface area contributed by atoms with Gasteiger partial charge in [0.15, 0.2) is 0 Å². The predicted molar refractivity (Wildman–Crippen MR) is 90.6 cm³/mol. The predicted octanol–water partition coefficient (Wildman–Crippen LogP) is 4.20. The summed E-state index contributed by atoms with van der Waals surface area (Å²) in [5, 5.41) is 1.09. The Kier molecular flexibility index (Phi) is 7.00. The highest BCUT2D eigenvalue weighted by Gasteiger charge is 2.23. The fraction of sp³-hybridized carbons (Fsp3) is 0.588. The molecule has 1 aromatic carbocycles. The van der Waals surface area contributed by atoms with Crippen LogP contribution < -0.4 is 0 Å². The third kappa shape index (κ3) is 5.15. The zero-order chi connectivity index (χ0) is 15.9. The van der Waals surface area contributed by atoms with E-state index in [9.17, 15) is 4.79 Å². The minimum Gasteiger partial charge on any atom is -0.381 e. The minimum absolute atomic E-state index is 0.215. The van der Waals surface area contributed by atoms with Gasteiger partial charge in [-0.25, -0.2) is 0 Å². The van der Waals surface area contributed by atoms with Crippen molar-refractivity contribution in [2.24, 2.45) is 5.92 Å². The first-order valence-corrected chi connectivity index (χ1v) is 8.65. The Morgan fingerprint density at radius 3 is 2.91 bits per heavy atom. The Hall–Kier alpha value is -0.770. The van der Waals surface area contributed by atoms with Gasteiger partial charge in [0.25, 0.3) is 0 Å². The van der Waals surface area contributed by atoms with Gasteiger partial charge in [0.2, 0.25) is 5.91 Å². The summed E-state index contributed by atoms with van der Waals surface area (Å²) >= 11 is 11.9. The van der Waals surface area contributed by atoms with Crippen LogP contribution in [0.2, 0.25) is 10.0 Å². The topological polar surface area (TPSA) is 29.5 Å². The zero-order valence-electron chi connectivity index (χ0n) is 13.0. The van der Waals surface area contributed by atoms with E-state index in [-0.39, 0.29) is 5.91 Å². The van der Waals surface area contributed by atoms with Crippen molar-refractivity contribution in [3.05, 3.63) is 33.8 Å². The molecule has 1 heterocycles. The normalized spacial score (nSPS) is 18.5. The summed E-state index contributed by atoms with van der Waals surface area (Å²) in [6.07, 6.45) is 3.43. The van der Waals surface area contributed by atoms with Crippen LogP contribution >= 0.6 is 23.2 Å². The summed E-state index contributed by atoms with van der Waals surface area (Å²) in [5.41, 5.74) is 1.05. The Balaban J connectivity index is 1.82.